The van der Waals surface area contributed by atoms with Crippen molar-refractivity contribution in [3.05, 3.63) is 41.8 Å². The van der Waals surface area contributed by atoms with Crippen LogP contribution in [0.3, 0.4) is 0 Å². The fourth-order valence-corrected chi connectivity index (χ4v) is 2.56. The third-order valence-corrected chi connectivity index (χ3v) is 4.12. The van der Waals surface area contributed by atoms with Gasteiger partial charge in [-0.25, -0.2) is 12.8 Å². The van der Waals surface area contributed by atoms with Gasteiger partial charge < -0.3 is 0 Å². The molecule has 20 heavy (non-hydrogen) atoms. The molecule has 2 N–H and O–H groups in total. The van der Waals surface area contributed by atoms with Crippen LogP contribution in [0, 0.1) is 5.82 Å². The van der Waals surface area contributed by atoms with Crippen molar-refractivity contribution in [2.75, 3.05) is 4.72 Å². The van der Waals surface area contributed by atoms with Crippen LogP contribution in [0.1, 0.15) is 26.5 Å². The number of hydrogen-bond donors (Lipinski definition) is 2. The lowest BCUT2D eigenvalue weighted by Gasteiger charge is -2.14. The lowest BCUT2D eigenvalue weighted by Crippen LogP contribution is -2.13. The second-order valence-electron chi connectivity index (χ2n) is 5.48. The molecule has 0 bridgehead atoms. The molecule has 0 aliphatic carbocycles. The smallest absolute Gasteiger partial charge is 0.263 e. The topological polar surface area (TPSA) is 74.8 Å². The van der Waals surface area contributed by atoms with E-state index < -0.39 is 15.8 Å². The highest BCUT2D eigenvalue weighted by atomic mass is 32.2. The zero-order chi connectivity index (χ0) is 15.0. The molecule has 0 fully saturated rings. The first-order chi connectivity index (χ1) is 9.18. The second kappa shape index (κ2) is 4.90. The van der Waals surface area contributed by atoms with E-state index in [1.165, 1.54) is 12.1 Å². The summed E-state index contributed by atoms with van der Waals surface area (Å²) in [7, 11) is -3.76. The van der Waals surface area contributed by atoms with Crippen LogP contribution in [0.4, 0.5) is 10.2 Å². The van der Waals surface area contributed by atoms with Gasteiger partial charge in [0.25, 0.3) is 10.0 Å². The van der Waals surface area contributed by atoms with E-state index in [-0.39, 0.29) is 16.1 Å². The average molecular weight is 297 g/mol. The summed E-state index contributed by atoms with van der Waals surface area (Å²) in [5.41, 5.74) is 0.654. The van der Waals surface area contributed by atoms with Crippen LogP contribution in [-0.2, 0) is 15.4 Å². The lowest BCUT2D eigenvalue weighted by molar-refractivity contribution is 0.567. The molecule has 1 aromatic heterocycles. The van der Waals surface area contributed by atoms with E-state index in [2.05, 4.69) is 14.9 Å². The Morgan fingerprint density at radius 2 is 1.80 bits per heavy atom. The Hall–Kier alpha value is -1.89. The van der Waals surface area contributed by atoms with Gasteiger partial charge in [-0.1, -0.05) is 20.8 Å². The number of aromatic amines is 1. The van der Waals surface area contributed by atoms with Crippen molar-refractivity contribution in [3.8, 4) is 0 Å². The van der Waals surface area contributed by atoms with E-state index >= 15 is 0 Å². The highest BCUT2D eigenvalue weighted by Gasteiger charge is 2.20. The molecule has 0 radical (unpaired) electrons. The van der Waals surface area contributed by atoms with Crippen molar-refractivity contribution >= 4 is 15.8 Å². The monoisotopic (exact) mass is 297 g/mol. The van der Waals surface area contributed by atoms with Crippen molar-refractivity contribution in [3.63, 3.8) is 0 Å². The molecule has 2 rings (SSSR count). The molecule has 0 unspecified atom stereocenters. The highest BCUT2D eigenvalue weighted by molar-refractivity contribution is 7.92. The van der Waals surface area contributed by atoms with Crippen LogP contribution in [0.15, 0.2) is 35.2 Å². The average Bonchev–Trinajstić information content (AvgIpc) is 2.77. The predicted octanol–water partition coefficient (Wildman–Crippen LogP) is 2.65. The van der Waals surface area contributed by atoms with Gasteiger partial charge >= 0.3 is 0 Å². The molecule has 108 valence electrons. The molecule has 2 aromatic rings. The standard InChI is InChI=1S/C13H16FN3O2S/c1-13(2,3)11-8-12(16-15-11)17-20(18,19)10-6-4-9(14)5-7-10/h4-8H,1-3H3,(H2,15,16,17). The van der Waals surface area contributed by atoms with Gasteiger partial charge in [0.2, 0.25) is 0 Å². The van der Waals surface area contributed by atoms with Crippen molar-refractivity contribution in [1.82, 2.24) is 10.2 Å². The Morgan fingerprint density at radius 1 is 1.20 bits per heavy atom. The van der Waals surface area contributed by atoms with E-state index in [4.69, 9.17) is 0 Å². The Morgan fingerprint density at radius 3 is 2.30 bits per heavy atom. The third-order valence-electron chi connectivity index (χ3n) is 2.75. The first kappa shape index (κ1) is 14.5. The van der Waals surface area contributed by atoms with Gasteiger partial charge in [0.05, 0.1) is 4.90 Å². The van der Waals surface area contributed by atoms with Gasteiger partial charge in [-0.3, -0.25) is 9.82 Å². The van der Waals surface area contributed by atoms with Gasteiger partial charge in [0.1, 0.15) is 5.82 Å². The normalized spacial score (nSPS) is 12.4. The van der Waals surface area contributed by atoms with Crippen LogP contribution in [0.25, 0.3) is 0 Å². The lowest BCUT2D eigenvalue weighted by atomic mass is 9.92. The zero-order valence-corrected chi connectivity index (χ0v) is 12.3. The van der Waals surface area contributed by atoms with Gasteiger partial charge in [0.15, 0.2) is 5.82 Å². The first-order valence-electron chi connectivity index (χ1n) is 6.03. The van der Waals surface area contributed by atoms with Gasteiger partial charge in [-0.2, -0.15) is 5.10 Å². The van der Waals surface area contributed by atoms with E-state index in [0.717, 1.165) is 17.8 Å². The van der Waals surface area contributed by atoms with E-state index in [0.29, 0.717) is 0 Å². The second-order valence-corrected chi connectivity index (χ2v) is 7.16. The molecule has 7 heteroatoms. The van der Waals surface area contributed by atoms with Crippen LogP contribution >= 0.6 is 0 Å². The number of nitrogens with zero attached hydrogens (tertiary/aromatic N) is 1. The SMILES string of the molecule is CC(C)(C)c1cc(NS(=O)(=O)c2ccc(F)cc2)n[nH]1. The molecule has 0 aliphatic rings. The Kier molecular flexibility index (Phi) is 3.56. The molecule has 1 aromatic carbocycles. The molecule has 0 amide bonds. The summed E-state index contributed by atoms with van der Waals surface area (Å²) in [5, 5.41) is 6.71. The van der Waals surface area contributed by atoms with Crippen LogP contribution in [0.5, 0.6) is 0 Å². The first-order valence-corrected chi connectivity index (χ1v) is 7.51. The summed E-state index contributed by atoms with van der Waals surface area (Å²) < 4.78 is 39.3. The number of anilines is 1. The maximum absolute atomic E-state index is 12.8. The number of halogens is 1. The number of sulfonamides is 1. The summed E-state index contributed by atoms with van der Waals surface area (Å²) in [5.74, 6) is -0.280. The minimum atomic E-state index is -3.76. The number of H-pyrrole nitrogens is 1. The van der Waals surface area contributed by atoms with Gasteiger partial charge in [0, 0.05) is 17.2 Å². The Labute approximate surface area is 117 Å². The fourth-order valence-electron chi connectivity index (χ4n) is 1.57. The number of aromatic nitrogens is 2. The summed E-state index contributed by atoms with van der Waals surface area (Å²) in [6.45, 7) is 5.95. The Bertz CT molecular complexity index is 700. The number of rotatable bonds is 3. The predicted molar refractivity (Wildman–Crippen MR) is 74.5 cm³/mol. The molecule has 0 spiro atoms. The summed E-state index contributed by atoms with van der Waals surface area (Å²) in [4.78, 5) is -0.0146. The quantitative estimate of drug-likeness (QED) is 0.914. The summed E-state index contributed by atoms with van der Waals surface area (Å²) >= 11 is 0. The largest absolute Gasteiger partial charge is 0.280 e. The number of hydrogen-bond acceptors (Lipinski definition) is 3. The molecular weight excluding hydrogens is 281 g/mol. The summed E-state index contributed by atoms with van der Waals surface area (Å²) in [6, 6.07) is 6.24. The van der Waals surface area contributed by atoms with E-state index in [9.17, 15) is 12.8 Å². The Balaban J connectivity index is 2.25. The van der Waals surface area contributed by atoms with Crippen molar-refractivity contribution in [2.24, 2.45) is 0 Å². The van der Waals surface area contributed by atoms with Crippen LogP contribution in [0.2, 0.25) is 0 Å². The number of benzene rings is 1. The molecule has 0 aliphatic heterocycles. The molecular formula is C13H16FN3O2S. The van der Waals surface area contributed by atoms with Crippen molar-refractivity contribution < 1.29 is 12.8 Å². The van der Waals surface area contributed by atoms with Crippen LogP contribution < -0.4 is 4.72 Å². The van der Waals surface area contributed by atoms with Crippen molar-refractivity contribution in [1.29, 1.82) is 0 Å². The van der Waals surface area contributed by atoms with E-state index in [1.54, 1.807) is 6.07 Å². The van der Waals surface area contributed by atoms with Gasteiger partial charge in [-0.15, -0.1) is 0 Å². The third kappa shape index (κ3) is 3.16. The van der Waals surface area contributed by atoms with E-state index in [1.807, 2.05) is 20.8 Å². The highest BCUT2D eigenvalue weighted by Crippen LogP contribution is 2.23. The molecule has 1 heterocycles. The van der Waals surface area contributed by atoms with Crippen LogP contribution in [-0.4, -0.2) is 18.6 Å². The molecule has 5 nitrogen and oxygen atoms in total. The zero-order valence-electron chi connectivity index (χ0n) is 11.4. The number of nitrogens with one attached hydrogen (secondary N) is 2. The summed E-state index contributed by atoms with van der Waals surface area (Å²) in [6.07, 6.45) is 0. The molecule has 0 saturated heterocycles. The van der Waals surface area contributed by atoms with Crippen molar-refractivity contribution in [2.45, 2.75) is 31.1 Å². The fraction of sp³-hybridized carbons (Fsp3) is 0.308. The van der Waals surface area contributed by atoms with Gasteiger partial charge in [-0.05, 0) is 24.3 Å². The minimum absolute atomic E-state index is 0.0146. The molecule has 0 atom stereocenters. The minimum Gasteiger partial charge on any atom is -0.280 e. The maximum Gasteiger partial charge on any atom is 0.263 e. The molecule has 0 saturated carbocycles. The maximum atomic E-state index is 12.8.